The fourth-order valence-electron chi connectivity index (χ4n) is 7.95. The number of carbonyl (C=O) groups excluding carboxylic acids is 7. The van der Waals surface area contributed by atoms with E-state index >= 15 is 0 Å². The van der Waals surface area contributed by atoms with Gasteiger partial charge >= 0.3 is 6.09 Å². The minimum absolute atomic E-state index is 0.0313. The third-order valence-corrected chi connectivity index (χ3v) is 11.8. The van der Waals surface area contributed by atoms with Gasteiger partial charge in [0.1, 0.15) is 42.8 Å². The largest absolute Gasteiger partial charge is 0.460 e. The second-order valence-corrected chi connectivity index (χ2v) is 16.8. The first-order chi connectivity index (χ1) is 33.7. The molecule has 6 rings (SSSR count). The average Bonchev–Trinajstić information content (AvgIpc) is 3.69. The predicted molar refractivity (Wildman–Crippen MR) is 250 cm³/mol. The summed E-state index contributed by atoms with van der Waals surface area (Å²) in [4.78, 5) is 95.3. The Hall–Kier alpha value is -7.08. The summed E-state index contributed by atoms with van der Waals surface area (Å²) in [6.07, 6.45) is 3.75. The van der Waals surface area contributed by atoms with Crippen molar-refractivity contribution in [1.29, 1.82) is 0 Å². The van der Waals surface area contributed by atoms with Gasteiger partial charge in [0.2, 0.25) is 24.0 Å². The van der Waals surface area contributed by atoms with Gasteiger partial charge in [0, 0.05) is 81.0 Å². The zero-order chi connectivity index (χ0) is 50.2. The number of hydrogen-bond acceptors (Lipinski definition) is 16. The summed E-state index contributed by atoms with van der Waals surface area (Å²) in [6, 6.07) is 13.0. The van der Waals surface area contributed by atoms with E-state index in [0.29, 0.717) is 47.3 Å². The molecule has 2 fully saturated rings. The summed E-state index contributed by atoms with van der Waals surface area (Å²) in [6.45, 7) is 0.0769. The molecule has 70 heavy (non-hydrogen) atoms. The van der Waals surface area contributed by atoms with Crippen LogP contribution < -0.4 is 31.7 Å². The SMILES string of the molecule is NC[C@@H](C(=O)NCCC(=O)Nc1cc(COC(=O)Nc2cccc(C(=O)N3CCC(CCCCNC(=O)/C=C/c4cccnc4)CC3)c2)ccc1O[C@H]1O[C@H](CO)[C@@H](O)C(O)C1O)N1C(=O)C=CC1=O. The number of benzene rings is 2. The molecule has 1 aromatic heterocycles. The highest BCUT2D eigenvalue weighted by atomic mass is 16.7. The van der Waals surface area contributed by atoms with Crippen LogP contribution in [0, 0.1) is 5.92 Å². The molecule has 2 unspecified atom stereocenters. The Morgan fingerprint density at radius 2 is 1.67 bits per heavy atom. The molecular formula is C48H58N8O14. The normalized spacial score (nSPS) is 20.8. The van der Waals surface area contributed by atoms with Crippen molar-refractivity contribution in [2.45, 2.75) is 81.9 Å². The van der Waals surface area contributed by atoms with E-state index in [1.807, 2.05) is 6.07 Å². The Balaban J connectivity index is 0.985. The smallest absolute Gasteiger partial charge is 0.411 e. The van der Waals surface area contributed by atoms with Gasteiger partial charge in [-0.1, -0.05) is 31.0 Å². The molecule has 0 saturated carbocycles. The molecule has 0 radical (unpaired) electrons. The van der Waals surface area contributed by atoms with E-state index in [2.05, 4.69) is 26.3 Å². The van der Waals surface area contributed by atoms with Crippen LogP contribution in [0.4, 0.5) is 16.2 Å². The van der Waals surface area contributed by atoms with Crippen molar-refractivity contribution in [3.8, 4) is 5.75 Å². The number of unbranched alkanes of at least 4 members (excludes halogenated alkanes) is 1. The van der Waals surface area contributed by atoms with Gasteiger partial charge in [0.25, 0.3) is 17.7 Å². The number of nitrogens with two attached hydrogens (primary N) is 1. The number of imide groups is 1. The molecule has 374 valence electrons. The highest BCUT2D eigenvalue weighted by molar-refractivity contribution is 6.15. The van der Waals surface area contributed by atoms with Crippen LogP contribution in [0.1, 0.15) is 60.0 Å². The van der Waals surface area contributed by atoms with Crippen LogP contribution in [0.15, 0.2) is 85.2 Å². The fraction of sp³-hybridized carbons (Fsp3) is 0.417. The minimum atomic E-state index is -1.79. The predicted octanol–water partition coefficient (Wildman–Crippen LogP) is 0.558. The second-order valence-electron chi connectivity index (χ2n) is 16.8. The lowest BCUT2D eigenvalue weighted by Crippen LogP contribution is -2.60. The van der Waals surface area contributed by atoms with Crippen molar-refractivity contribution in [2.75, 3.05) is 50.0 Å². The van der Waals surface area contributed by atoms with Gasteiger partial charge in [-0.25, -0.2) is 4.79 Å². The van der Waals surface area contributed by atoms with Crippen molar-refractivity contribution in [3.05, 3.63) is 102 Å². The molecule has 4 heterocycles. The molecule has 0 spiro atoms. The van der Waals surface area contributed by atoms with Crippen LogP contribution in [0.5, 0.6) is 5.75 Å². The Morgan fingerprint density at radius 3 is 2.39 bits per heavy atom. The van der Waals surface area contributed by atoms with Gasteiger partial charge in [-0.3, -0.25) is 44.0 Å². The van der Waals surface area contributed by atoms with Crippen molar-refractivity contribution in [1.82, 2.24) is 25.4 Å². The highest BCUT2D eigenvalue weighted by Crippen LogP contribution is 2.31. The molecular weight excluding hydrogens is 913 g/mol. The molecule has 7 amide bonds. The monoisotopic (exact) mass is 970 g/mol. The van der Waals surface area contributed by atoms with Gasteiger partial charge < -0.3 is 61.2 Å². The topological polar surface area (TPSA) is 322 Å². The van der Waals surface area contributed by atoms with Crippen molar-refractivity contribution < 1.29 is 68.2 Å². The van der Waals surface area contributed by atoms with Gasteiger partial charge in [-0.05, 0) is 78.8 Å². The molecule has 0 bridgehead atoms. The number of amides is 7. The number of ether oxygens (including phenoxy) is 3. The summed E-state index contributed by atoms with van der Waals surface area (Å²) < 4.78 is 16.7. The molecule has 3 aromatic rings. The highest BCUT2D eigenvalue weighted by Gasteiger charge is 2.45. The first-order valence-electron chi connectivity index (χ1n) is 22.9. The summed E-state index contributed by atoms with van der Waals surface area (Å²) in [5.41, 5.74) is 7.51. The Kier molecular flexibility index (Phi) is 19.1. The number of anilines is 2. The first-order valence-corrected chi connectivity index (χ1v) is 22.9. The maximum Gasteiger partial charge on any atom is 0.411 e. The zero-order valence-corrected chi connectivity index (χ0v) is 38.2. The summed E-state index contributed by atoms with van der Waals surface area (Å²) >= 11 is 0. The lowest BCUT2D eigenvalue weighted by atomic mass is 9.91. The van der Waals surface area contributed by atoms with Crippen LogP contribution in [0.3, 0.4) is 0 Å². The van der Waals surface area contributed by atoms with E-state index in [1.165, 1.54) is 24.3 Å². The first kappa shape index (κ1) is 52.3. The fourth-order valence-corrected chi connectivity index (χ4v) is 7.95. The van der Waals surface area contributed by atoms with Gasteiger partial charge in [-0.15, -0.1) is 0 Å². The standard InChI is InChI=1S/C48H58N8O14/c49-25-35(56-40(60)13-14-41(56)61)45(65)52-20-15-39(59)54-34-23-31(9-11-36(34)69-47-44(64)43(63)42(62)37(27-57)70-47)28-68-48(67)53-33-8-3-7-32(24-33)46(66)55-21-16-29(17-22-55)5-1-2-19-51-38(58)12-10-30-6-4-18-50-26-30/h3-4,6-14,18,23-24,26,29,35,37,42-44,47,57,62-64H,1-2,5,15-17,19-22,25,27-28,49H2,(H,51,58)(H,52,65)(H,53,67)(H,54,59)/b12-10+/t35-,37+,42+,43?,44?,47-/m0/s1. The average molecular weight is 971 g/mol. The molecule has 6 atom stereocenters. The van der Waals surface area contributed by atoms with E-state index in [9.17, 15) is 54.0 Å². The van der Waals surface area contributed by atoms with Crippen LogP contribution in [0.2, 0.25) is 0 Å². The molecule has 22 heteroatoms. The second kappa shape index (κ2) is 25.5. The van der Waals surface area contributed by atoms with Crippen LogP contribution in [-0.2, 0) is 40.1 Å². The molecule has 3 aliphatic heterocycles. The number of rotatable bonds is 21. The summed E-state index contributed by atoms with van der Waals surface area (Å²) in [7, 11) is 0. The molecule has 2 saturated heterocycles. The van der Waals surface area contributed by atoms with Crippen molar-refractivity contribution in [3.63, 3.8) is 0 Å². The Morgan fingerprint density at radius 1 is 0.900 bits per heavy atom. The number of nitrogens with zero attached hydrogens (tertiary/aromatic N) is 3. The number of aromatic nitrogens is 1. The summed E-state index contributed by atoms with van der Waals surface area (Å²) in [5, 5.41) is 51.4. The van der Waals surface area contributed by atoms with Gasteiger partial charge in [0.05, 0.1) is 12.3 Å². The quantitative estimate of drug-likeness (QED) is 0.0400. The maximum atomic E-state index is 13.5. The van der Waals surface area contributed by atoms with E-state index in [4.69, 9.17) is 19.9 Å². The minimum Gasteiger partial charge on any atom is -0.460 e. The van der Waals surface area contributed by atoms with Crippen LogP contribution >= 0.6 is 0 Å². The third kappa shape index (κ3) is 14.5. The van der Waals surface area contributed by atoms with Crippen molar-refractivity contribution in [2.24, 2.45) is 11.7 Å². The third-order valence-electron chi connectivity index (χ3n) is 11.8. The lowest BCUT2D eigenvalue weighted by molar-refractivity contribution is -0.277. The van der Waals surface area contributed by atoms with E-state index < -0.39 is 73.1 Å². The number of pyridine rings is 1. The lowest BCUT2D eigenvalue weighted by Gasteiger charge is -2.39. The Bertz CT molecular complexity index is 2370. The van der Waals surface area contributed by atoms with E-state index in [1.54, 1.807) is 53.7 Å². The number of hydrogen-bond donors (Lipinski definition) is 9. The Labute approximate surface area is 402 Å². The number of aliphatic hydroxyl groups is 4. The van der Waals surface area contributed by atoms with Crippen LogP contribution in [-0.4, -0.2) is 153 Å². The number of piperidine rings is 1. The number of nitrogens with one attached hydrogen (secondary N) is 4. The molecule has 0 aliphatic carbocycles. The van der Waals surface area contributed by atoms with E-state index in [-0.39, 0.29) is 49.4 Å². The zero-order valence-electron chi connectivity index (χ0n) is 38.2. The number of aliphatic hydroxyl groups excluding tert-OH is 4. The van der Waals surface area contributed by atoms with Crippen molar-refractivity contribution >= 4 is 59.0 Å². The van der Waals surface area contributed by atoms with Gasteiger partial charge in [-0.2, -0.15) is 0 Å². The van der Waals surface area contributed by atoms with Gasteiger partial charge in [0.15, 0.2) is 0 Å². The number of carbonyl (C=O) groups is 7. The number of likely N-dealkylation sites (tertiary alicyclic amines) is 1. The molecule has 2 aromatic carbocycles. The maximum absolute atomic E-state index is 13.5. The molecule has 10 N–H and O–H groups in total. The summed E-state index contributed by atoms with van der Waals surface area (Å²) in [5.74, 6) is -2.83. The van der Waals surface area contributed by atoms with Crippen LogP contribution in [0.25, 0.3) is 6.08 Å². The van der Waals surface area contributed by atoms with E-state index in [0.717, 1.165) is 49.8 Å². The molecule has 22 nitrogen and oxygen atoms in total. The molecule has 3 aliphatic rings.